The Bertz CT molecular complexity index is 371. The first-order valence-electron chi connectivity index (χ1n) is 7.73. The van der Waals surface area contributed by atoms with Gasteiger partial charge in [0.15, 0.2) is 6.61 Å². The highest BCUT2D eigenvalue weighted by molar-refractivity contribution is 5.79. The highest BCUT2D eigenvalue weighted by atomic mass is 16.6. The van der Waals surface area contributed by atoms with E-state index in [0.29, 0.717) is 11.3 Å². The summed E-state index contributed by atoms with van der Waals surface area (Å²) in [6.45, 7) is 6.25. The molecule has 2 saturated carbocycles. The highest BCUT2D eigenvalue weighted by Crippen LogP contribution is 2.40. The molecule has 0 amide bonds. The maximum Gasteiger partial charge on any atom is 0.344 e. The molecule has 2 aliphatic carbocycles. The number of ether oxygens (including phenoxy) is 2. The van der Waals surface area contributed by atoms with Crippen LogP contribution in [0.2, 0.25) is 0 Å². The van der Waals surface area contributed by atoms with E-state index in [-0.39, 0.29) is 24.6 Å². The van der Waals surface area contributed by atoms with Crippen LogP contribution in [-0.2, 0) is 19.1 Å². The SMILES string of the molecule is CC(OC(=O)COC(=O)C1CC1)C1CCCC(C)(C)C1. The summed E-state index contributed by atoms with van der Waals surface area (Å²) < 4.78 is 10.4. The first kappa shape index (κ1) is 15.3. The molecular formula is C16H26O4. The highest BCUT2D eigenvalue weighted by Gasteiger charge is 2.34. The van der Waals surface area contributed by atoms with Crippen molar-refractivity contribution in [2.24, 2.45) is 17.3 Å². The molecule has 2 fully saturated rings. The van der Waals surface area contributed by atoms with Crippen molar-refractivity contribution < 1.29 is 19.1 Å². The minimum Gasteiger partial charge on any atom is -0.460 e. The van der Waals surface area contributed by atoms with E-state index in [4.69, 9.17) is 9.47 Å². The van der Waals surface area contributed by atoms with E-state index >= 15 is 0 Å². The molecule has 0 spiro atoms. The normalized spacial score (nSPS) is 26.6. The second-order valence-electron chi connectivity index (χ2n) is 7.10. The van der Waals surface area contributed by atoms with Crippen molar-refractivity contribution in [3.05, 3.63) is 0 Å². The van der Waals surface area contributed by atoms with E-state index in [1.54, 1.807) is 0 Å². The molecular weight excluding hydrogens is 256 g/mol. The molecule has 2 rings (SSSR count). The topological polar surface area (TPSA) is 52.6 Å². The van der Waals surface area contributed by atoms with Crippen molar-refractivity contribution in [2.45, 2.75) is 65.4 Å². The van der Waals surface area contributed by atoms with Crippen molar-refractivity contribution >= 4 is 11.9 Å². The van der Waals surface area contributed by atoms with Crippen LogP contribution >= 0.6 is 0 Å². The largest absolute Gasteiger partial charge is 0.460 e. The third-order valence-electron chi connectivity index (χ3n) is 4.47. The molecule has 0 bridgehead atoms. The van der Waals surface area contributed by atoms with E-state index in [0.717, 1.165) is 25.7 Å². The monoisotopic (exact) mass is 282 g/mol. The second-order valence-corrected chi connectivity index (χ2v) is 7.10. The molecule has 0 radical (unpaired) electrons. The van der Waals surface area contributed by atoms with Gasteiger partial charge in [-0.1, -0.05) is 20.3 Å². The molecule has 0 N–H and O–H groups in total. The van der Waals surface area contributed by atoms with Crippen molar-refractivity contribution in [3.63, 3.8) is 0 Å². The summed E-state index contributed by atoms with van der Waals surface area (Å²) in [5, 5.41) is 0. The second kappa shape index (κ2) is 6.15. The van der Waals surface area contributed by atoms with Gasteiger partial charge in [0.2, 0.25) is 0 Å². The maximum atomic E-state index is 11.7. The van der Waals surface area contributed by atoms with Gasteiger partial charge in [-0.3, -0.25) is 4.79 Å². The van der Waals surface area contributed by atoms with E-state index in [9.17, 15) is 9.59 Å². The molecule has 4 heteroatoms. The zero-order chi connectivity index (χ0) is 14.8. The number of carbonyl (C=O) groups is 2. The lowest BCUT2D eigenvalue weighted by molar-refractivity contribution is -0.165. The quantitative estimate of drug-likeness (QED) is 0.727. The van der Waals surface area contributed by atoms with Gasteiger partial charge in [-0.15, -0.1) is 0 Å². The lowest BCUT2D eigenvalue weighted by Gasteiger charge is -2.37. The number of rotatable bonds is 5. The Morgan fingerprint density at radius 1 is 1.25 bits per heavy atom. The molecule has 0 aromatic rings. The molecule has 4 nitrogen and oxygen atoms in total. The summed E-state index contributed by atoms with van der Waals surface area (Å²) in [4.78, 5) is 23.1. The van der Waals surface area contributed by atoms with Gasteiger partial charge in [0.25, 0.3) is 0 Å². The van der Waals surface area contributed by atoms with Gasteiger partial charge in [0.1, 0.15) is 6.10 Å². The van der Waals surface area contributed by atoms with E-state index in [1.165, 1.54) is 12.8 Å². The number of hydrogen-bond donors (Lipinski definition) is 0. The Kier molecular flexibility index (Phi) is 4.71. The van der Waals surface area contributed by atoms with Gasteiger partial charge < -0.3 is 9.47 Å². The van der Waals surface area contributed by atoms with Crippen LogP contribution in [0.5, 0.6) is 0 Å². The van der Waals surface area contributed by atoms with Crippen LogP contribution < -0.4 is 0 Å². The van der Waals surface area contributed by atoms with Crippen molar-refractivity contribution in [2.75, 3.05) is 6.61 Å². The minimum atomic E-state index is -0.421. The minimum absolute atomic E-state index is 0.0272. The molecule has 2 aliphatic rings. The van der Waals surface area contributed by atoms with E-state index in [1.807, 2.05) is 6.92 Å². The molecule has 0 saturated heterocycles. The summed E-state index contributed by atoms with van der Waals surface area (Å²) in [6, 6.07) is 0. The van der Waals surface area contributed by atoms with Crippen LogP contribution in [-0.4, -0.2) is 24.6 Å². The lowest BCUT2D eigenvalue weighted by Crippen LogP contribution is -2.33. The van der Waals surface area contributed by atoms with Gasteiger partial charge in [0, 0.05) is 0 Å². The number of carbonyl (C=O) groups excluding carboxylic acids is 2. The zero-order valence-corrected chi connectivity index (χ0v) is 12.8. The van der Waals surface area contributed by atoms with Crippen molar-refractivity contribution in [3.8, 4) is 0 Å². The Morgan fingerprint density at radius 2 is 1.95 bits per heavy atom. The fourth-order valence-electron chi connectivity index (χ4n) is 3.06. The molecule has 114 valence electrons. The Labute approximate surface area is 121 Å². The molecule has 0 aliphatic heterocycles. The standard InChI is InChI=1S/C16H26O4/c1-11(13-5-4-8-16(2,3)9-13)20-14(17)10-19-15(18)12-6-7-12/h11-13H,4-10H2,1-3H3. The average molecular weight is 282 g/mol. The predicted molar refractivity (Wildman–Crippen MR) is 75.0 cm³/mol. The fourth-order valence-corrected chi connectivity index (χ4v) is 3.06. The number of hydrogen-bond acceptors (Lipinski definition) is 4. The van der Waals surface area contributed by atoms with Crippen LogP contribution in [0.1, 0.15) is 59.3 Å². The molecule has 0 aromatic heterocycles. The zero-order valence-electron chi connectivity index (χ0n) is 12.8. The molecule has 2 atom stereocenters. The van der Waals surface area contributed by atoms with Crippen LogP contribution in [0, 0.1) is 17.3 Å². The van der Waals surface area contributed by atoms with E-state index in [2.05, 4.69) is 13.8 Å². The fraction of sp³-hybridized carbons (Fsp3) is 0.875. The van der Waals surface area contributed by atoms with Crippen LogP contribution in [0.3, 0.4) is 0 Å². The molecule has 2 unspecified atom stereocenters. The van der Waals surface area contributed by atoms with Crippen LogP contribution in [0.25, 0.3) is 0 Å². The Balaban J connectivity index is 1.71. The van der Waals surface area contributed by atoms with Gasteiger partial charge in [-0.05, 0) is 50.4 Å². The third-order valence-corrected chi connectivity index (χ3v) is 4.47. The van der Waals surface area contributed by atoms with Gasteiger partial charge in [-0.2, -0.15) is 0 Å². The average Bonchev–Trinajstić information content (AvgIpc) is 3.18. The van der Waals surface area contributed by atoms with Crippen LogP contribution in [0.15, 0.2) is 0 Å². The number of esters is 2. The predicted octanol–water partition coefficient (Wildman–Crippen LogP) is 3.09. The maximum absolute atomic E-state index is 11.7. The Hall–Kier alpha value is -1.06. The summed E-state index contributed by atoms with van der Waals surface area (Å²) >= 11 is 0. The molecule has 0 aromatic carbocycles. The third kappa shape index (κ3) is 4.50. The van der Waals surface area contributed by atoms with Gasteiger partial charge in [-0.25, -0.2) is 4.79 Å². The summed E-state index contributed by atoms with van der Waals surface area (Å²) in [6.07, 6.45) is 6.31. The molecule has 20 heavy (non-hydrogen) atoms. The summed E-state index contributed by atoms with van der Waals surface area (Å²) in [7, 11) is 0. The lowest BCUT2D eigenvalue weighted by atomic mass is 9.71. The summed E-state index contributed by atoms with van der Waals surface area (Å²) in [5.41, 5.74) is 0.335. The van der Waals surface area contributed by atoms with Gasteiger partial charge in [0.05, 0.1) is 5.92 Å². The summed E-state index contributed by atoms with van der Waals surface area (Å²) in [5.74, 6) is -0.232. The first-order valence-corrected chi connectivity index (χ1v) is 7.73. The molecule has 0 heterocycles. The van der Waals surface area contributed by atoms with Crippen LogP contribution in [0.4, 0.5) is 0 Å². The van der Waals surface area contributed by atoms with Crippen molar-refractivity contribution in [1.82, 2.24) is 0 Å². The first-order chi connectivity index (χ1) is 9.37. The van der Waals surface area contributed by atoms with Gasteiger partial charge >= 0.3 is 11.9 Å². The van der Waals surface area contributed by atoms with Crippen molar-refractivity contribution in [1.29, 1.82) is 0 Å². The smallest absolute Gasteiger partial charge is 0.344 e. The van der Waals surface area contributed by atoms with E-state index < -0.39 is 5.97 Å². The Morgan fingerprint density at radius 3 is 2.55 bits per heavy atom.